The van der Waals surface area contributed by atoms with Crippen LogP contribution in [0.3, 0.4) is 0 Å². The number of ether oxygens (including phenoxy) is 1. The molecule has 0 heterocycles. The largest absolute Gasteiger partial charge is 0.573 e. The smallest absolute Gasteiger partial charge is 0.406 e. The number of benzene rings is 1. The van der Waals surface area contributed by atoms with E-state index in [1.165, 1.54) is 0 Å². The van der Waals surface area contributed by atoms with Gasteiger partial charge in [-0.25, -0.2) is 8.78 Å². The third-order valence-electron chi connectivity index (χ3n) is 1.81. The fourth-order valence-corrected chi connectivity index (χ4v) is 1.16. The van der Waals surface area contributed by atoms with Crippen molar-refractivity contribution in [2.45, 2.75) is 19.3 Å². The van der Waals surface area contributed by atoms with Crippen molar-refractivity contribution in [2.24, 2.45) is 5.73 Å². The molecule has 0 atom stereocenters. The first-order valence-electron chi connectivity index (χ1n) is 4.20. The summed E-state index contributed by atoms with van der Waals surface area (Å²) in [6.07, 6.45) is -7.79. The van der Waals surface area contributed by atoms with Crippen molar-refractivity contribution in [3.63, 3.8) is 0 Å². The van der Waals surface area contributed by atoms with Crippen LogP contribution in [0.4, 0.5) is 22.0 Å². The van der Waals surface area contributed by atoms with Crippen LogP contribution in [0, 0.1) is 0 Å². The Labute approximate surface area is 87.8 Å². The van der Waals surface area contributed by atoms with Gasteiger partial charge in [-0.3, -0.25) is 0 Å². The average Bonchev–Trinajstić information content (AvgIpc) is 2.15. The zero-order valence-corrected chi connectivity index (χ0v) is 7.89. The van der Waals surface area contributed by atoms with Gasteiger partial charge in [0.2, 0.25) is 0 Å². The molecule has 2 N–H and O–H groups in total. The summed E-state index contributed by atoms with van der Waals surface area (Å²) in [5.74, 6) is -0.681. The number of halogens is 5. The molecule has 0 unspecified atom stereocenters. The zero-order chi connectivity index (χ0) is 12.3. The van der Waals surface area contributed by atoms with Gasteiger partial charge in [0, 0.05) is 12.1 Å². The summed E-state index contributed by atoms with van der Waals surface area (Å²) in [7, 11) is 0. The molecule has 0 aliphatic heterocycles. The van der Waals surface area contributed by atoms with Gasteiger partial charge in [-0.1, -0.05) is 6.07 Å². The van der Waals surface area contributed by atoms with Crippen molar-refractivity contribution in [1.82, 2.24) is 0 Å². The Hall–Kier alpha value is -1.37. The predicted molar refractivity (Wildman–Crippen MR) is 46.0 cm³/mol. The van der Waals surface area contributed by atoms with Gasteiger partial charge >= 0.3 is 6.36 Å². The molecule has 0 saturated carbocycles. The Morgan fingerprint density at radius 3 is 2.31 bits per heavy atom. The molecule has 1 aromatic rings. The molecular weight excluding hydrogens is 233 g/mol. The van der Waals surface area contributed by atoms with Crippen LogP contribution in [0.15, 0.2) is 18.2 Å². The van der Waals surface area contributed by atoms with Crippen LogP contribution in [0.2, 0.25) is 0 Å². The van der Waals surface area contributed by atoms with Gasteiger partial charge in [-0.15, -0.1) is 13.2 Å². The fraction of sp³-hybridized carbons (Fsp3) is 0.333. The van der Waals surface area contributed by atoms with Crippen molar-refractivity contribution < 1.29 is 26.7 Å². The summed E-state index contributed by atoms with van der Waals surface area (Å²) in [5.41, 5.74) is 4.71. The molecule has 0 bridgehead atoms. The molecule has 7 heteroatoms. The van der Waals surface area contributed by atoms with Crippen molar-refractivity contribution in [2.75, 3.05) is 0 Å². The second-order valence-electron chi connectivity index (χ2n) is 2.91. The minimum atomic E-state index is -4.90. The third-order valence-corrected chi connectivity index (χ3v) is 1.81. The van der Waals surface area contributed by atoms with Gasteiger partial charge < -0.3 is 10.5 Å². The normalized spacial score (nSPS) is 11.9. The van der Waals surface area contributed by atoms with Crippen LogP contribution < -0.4 is 10.5 Å². The Kier molecular flexibility index (Phi) is 3.69. The van der Waals surface area contributed by atoms with Gasteiger partial charge in [-0.05, 0) is 17.7 Å². The lowest BCUT2D eigenvalue weighted by Crippen LogP contribution is -2.17. The molecule has 0 aromatic heterocycles. The maximum absolute atomic E-state index is 12.4. The highest BCUT2D eigenvalue weighted by atomic mass is 19.4. The number of nitrogens with two attached hydrogens (primary N) is 1. The van der Waals surface area contributed by atoms with Gasteiger partial charge in [0.25, 0.3) is 6.43 Å². The van der Waals surface area contributed by atoms with E-state index < -0.39 is 24.1 Å². The van der Waals surface area contributed by atoms with Crippen LogP contribution in [0.1, 0.15) is 17.6 Å². The minimum absolute atomic E-state index is 0.0875. The highest BCUT2D eigenvalue weighted by Crippen LogP contribution is 2.29. The lowest BCUT2D eigenvalue weighted by atomic mass is 10.1. The van der Waals surface area contributed by atoms with E-state index >= 15 is 0 Å². The molecule has 0 aliphatic rings. The molecule has 0 aliphatic carbocycles. The van der Waals surface area contributed by atoms with E-state index in [1.807, 2.05) is 0 Å². The van der Waals surface area contributed by atoms with Gasteiger partial charge in [0.05, 0.1) is 0 Å². The molecule has 0 radical (unpaired) electrons. The molecule has 1 rings (SSSR count). The molecular formula is C9H8F5NO. The molecule has 2 nitrogen and oxygen atoms in total. The van der Waals surface area contributed by atoms with E-state index in [2.05, 4.69) is 4.74 Å². The summed E-state index contributed by atoms with van der Waals surface area (Å²) in [4.78, 5) is 0. The molecule has 0 amide bonds. The summed E-state index contributed by atoms with van der Waals surface area (Å²) in [6, 6.07) is 2.67. The average molecular weight is 241 g/mol. The molecule has 0 fully saturated rings. The second kappa shape index (κ2) is 4.65. The summed E-state index contributed by atoms with van der Waals surface area (Å²) in [6.45, 7) is -0.175. The van der Waals surface area contributed by atoms with E-state index in [0.29, 0.717) is 6.07 Å². The standard InChI is InChI=1S/C9H8F5NO/c10-8(11)7-3-6(16-9(12,13)14)2-1-5(7)4-15/h1-3,8H,4,15H2. The summed E-state index contributed by atoms with van der Waals surface area (Å²) >= 11 is 0. The Morgan fingerprint density at radius 2 is 1.88 bits per heavy atom. The lowest BCUT2D eigenvalue weighted by Gasteiger charge is -2.12. The van der Waals surface area contributed by atoms with Crippen LogP contribution in [-0.2, 0) is 6.54 Å². The monoisotopic (exact) mass is 241 g/mol. The molecule has 1 aromatic carbocycles. The first kappa shape index (κ1) is 12.7. The number of hydrogen-bond acceptors (Lipinski definition) is 2. The maximum atomic E-state index is 12.4. The summed E-state index contributed by atoms with van der Waals surface area (Å²) in [5, 5.41) is 0. The highest BCUT2D eigenvalue weighted by Gasteiger charge is 2.31. The fourth-order valence-electron chi connectivity index (χ4n) is 1.16. The van der Waals surface area contributed by atoms with Crippen LogP contribution >= 0.6 is 0 Å². The number of alkyl halides is 5. The van der Waals surface area contributed by atoms with Crippen molar-refractivity contribution >= 4 is 0 Å². The Balaban J connectivity index is 3.02. The van der Waals surface area contributed by atoms with Gasteiger partial charge in [0.1, 0.15) is 5.75 Å². The van der Waals surface area contributed by atoms with E-state index in [-0.39, 0.29) is 12.1 Å². The molecule has 0 spiro atoms. The van der Waals surface area contributed by atoms with Crippen molar-refractivity contribution in [1.29, 1.82) is 0 Å². The summed E-state index contributed by atoms with van der Waals surface area (Å²) < 4.78 is 63.9. The molecule has 16 heavy (non-hydrogen) atoms. The van der Waals surface area contributed by atoms with Crippen LogP contribution in [0.5, 0.6) is 5.75 Å². The quantitative estimate of drug-likeness (QED) is 0.825. The van der Waals surface area contributed by atoms with Gasteiger partial charge in [-0.2, -0.15) is 0 Å². The highest BCUT2D eigenvalue weighted by molar-refractivity contribution is 5.36. The first-order chi connectivity index (χ1) is 7.33. The van der Waals surface area contributed by atoms with E-state index in [0.717, 1.165) is 12.1 Å². The SMILES string of the molecule is NCc1ccc(OC(F)(F)F)cc1C(F)F. The van der Waals surface area contributed by atoms with Gasteiger partial charge in [0.15, 0.2) is 0 Å². The minimum Gasteiger partial charge on any atom is -0.406 e. The number of rotatable bonds is 3. The lowest BCUT2D eigenvalue weighted by molar-refractivity contribution is -0.274. The molecule has 0 saturated heterocycles. The maximum Gasteiger partial charge on any atom is 0.573 e. The second-order valence-corrected chi connectivity index (χ2v) is 2.91. The predicted octanol–water partition coefficient (Wildman–Crippen LogP) is 2.98. The number of hydrogen-bond donors (Lipinski definition) is 1. The Morgan fingerprint density at radius 1 is 1.25 bits per heavy atom. The molecule has 90 valence electrons. The van der Waals surface area contributed by atoms with Crippen molar-refractivity contribution in [3.8, 4) is 5.75 Å². The van der Waals surface area contributed by atoms with E-state index in [1.54, 1.807) is 0 Å². The zero-order valence-electron chi connectivity index (χ0n) is 7.89. The van der Waals surface area contributed by atoms with Crippen LogP contribution in [0.25, 0.3) is 0 Å². The first-order valence-corrected chi connectivity index (χ1v) is 4.20. The topological polar surface area (TPSA) is 35.2 Å². The third kappa shape index (κ3) is 3.34. The van der Waals surface area contributed by atoms with Crippen LogP contribution in [-0.4, -0.2) is 6.36 Å². The van der Waals surface area contributed by atoms with E-state index in [4.69, 9.17) is 5.73 Å². The van der Waals surface area contributed by atoms with Crippen molar-refractivity contribution in [3.05, 3.63) is 29.3 Å². The van der Waals surface area contributed by atoms with E-state index in [9.17, 15) is 22.0 Å². The Bertz CT molecular complexity index is 363.